The molecule has 3 unspecified atom stereocenters. The summed E-state index contributed by atoms with van der Waals surface area (Å²) in [6, 6.07) is 0. The number of hydrogen-bond acceptors (Lipinski definition) is 4. The van der Waals surface area contributed by atoms with Crippen molar-refractivity contribution < 1.29 is 19.7 Å². The third-order valence-corrected chi connectivity index (χ3v) is 3.53. The van der Waals surface area contributed by atoms with Gasteiger partial charge in [-0.3, -0.25) is 0 Å². The maximum absolute atomic E-state index is 8.69. The summed E-state index contributed by atoms with van der Waals surface area (Å²) in [5, 5.41) is 17.1. The summed E-state index contributed by atoms with van der Waals surface area (Å²) in [5.74, 6) is 0.663. The molecule has 1 aliphatic carbocycles. The van der Waals surface area contributed by atoms with E-state index in [4.69, 9.17) is 19.7 Å². The van der Waals surface area contributed by atoms with Crippen LogP contribution in [-0.2, 0) is 9.47 Å². The molecule has 1 rings (SSSR count). The van der Waals surface area contributed by atoms with E-state index in [1.54, 1.807) is 13.8 Å². The van der Waals surface area contributed by atoms with Crippen molar-refractivity contribution in [3.63, 3.8) is 0 Å². The summed E-state index contributed by atoms with van der Waals surface area (Å²) < 4.78 is 10.8. The highest BCUT2D eigenvalue weighted by Crippen LogP contribution is 2.23. The van der Waals surface area contributed by atoms with E-state index in [9.17, 15) is 0 Å². The lowest BCUT2D eigenvalue weighted by Crippen LogP contribution is -2.21. The Balaban J connectivity index is 0.000000370. The van der Waals surface area contributed by atoms with Crippen molar-refractivity contribution in [2.24, 2.45) is 5.92 Å². The molecule has 0 bridgehead atoms. The number of ether oxygens (including phenoxy) is 2. The second kappa shape index (κ2) is 11.5. The van der Waals surface area contributed by atoms with E-state index >= 15 is 0 Å². The topological polar surface area (TPSA) is 58.9 Å². The molecule has 0 aromatic rings. The molecule has 0 heterocycles. The van der Waals surface area contributed by atoms with Gasteiger partial charge < -0.3 is 19.7 Å². The van der Waals surface area contributed by atoms with Crippen molar-refractivity contribution in [3.8, 4) is 0 Å². The monoisotopic (exact) mass is 290 g/mol. The average Bonchev–Trinajstić information content (AvgIpc) is 2.89. The summed E-state index contributed by atoms with van der Waals surface area (Å²) in [6.07, 6.45) is 5.73. The first-order chi connectivity index (χ1) is 9.36. The number of aliphatic hydroxyl groups is 2. The van der Waals surface area contributed by atoms with Gasteiger partial charge in [0.2, 0.25) is 0 Å². The van der Waals surface area contributed by atoms with E-state index in [0.717, 1.165) is 0 Å². The second-order valence-electron chi connectivity index (χ2n) is 6.17. The molecule has 1 aliphatic rings. The minimum atomic E-state index is -0.445. The Hall–Kier alpha value is -0.160. The molecule has 0 radical (unpaired) electrons. The Kier molecular flexibility index (Phi) is 11.4. The first kappa shape index (κ1) is 19.8. The van der Waals surface area contributed by atoms with E-state index in [2.05, 4.69) is 20.8 Å². The maximum atomic E-state index is 8.69. The number of hydrogen-bond donors (Lipinski definition) is 2. The van der Waals surface area contributed by atoms with Crippen LogP contribution in [0.1, 0.15) is 60.3 Å². The third kappa shape index (κ3) is 10.6. The zero-order chi connectivity index (χ0) is 15.5. The molecule has 0 aliphatic heterocycles. The Labute approximate surface area is 124 Å². The third-order valence-electron chi connectivity index (χ3n) is 3.53. The lowest BCUT2D eigenvalue weighted by Gasteiger charge is -2.21. The average molecular weight is 290 g/mol. The van der Waals surface area contributed by atoms with Crippen LogP contribution in [0, 0.1) is 5.92 Å². The van der Waals surface area contributed by atoms with E-state index < -0.39 is 6.10 Å². The summed E-state index contributed by atoms with van der Waals surface area (Å²) in [7, 11) is 0. The highest BCUT2D eigenvalue weighted by molar-refractivity contribution is 4.69. The minimum absolute atomic E-state index is 0.00667. The lowest BCUT2D eigenvalue weighted by molar-refractivity contribution is -0.0210. The molecule has 0 aromatic heterocycles. The van der Waals surface area contributed by atoms with Crippen LogP contribution in [-0.4, -0.2) is 47.8 Å². The summed E-state index contributed by atoms with van der Waals surface area (Å²) in [6.45, 7) is 10.3. The fraction of sp³-hybridized carbons (Fsp3) is 1.00. The van der Waals surface area contributed by atoms with Crippen molar-refractivity contribution in [2.45, 2.75) is 84.7 Å². The van der Waals surface area contributed by atoms with Gasteiger partial charge in [-0.15, -0.1) is 0 Å². The normalized spacial score (nSPS) is 20.4. The molecule has 1 saturated carbocycles. The number of aliphatic hydroxyl groups excluding tert-OH is 2. The molecule has 0 amide bonds. The van der Waals surface area contributed by atoms with Crippen molar-refractivity contribution in [1.29, 1.82) is 0 Å². The number of rotatable bonds is 7. The summed E-state index contributed by atoms with van der Waals surface area (Å²) in [4.78, 5) is 0. The van der Waals surface area contributed by atoms with Crippen molar-refractivity contribution in [2.75, 3.05) is 13.2 Å². The molecule has 0 aromatic carbocycles. The van der Waals surface area contributed by atoms with Gasteiger partial charge in [0, 0.05) is 0 Å². The van der Waals surface area contributed by atoms with Crippen LogP contribution < -0.4 is 0 Å². The molecular weight excluding hydrogens is 256 g/mol. The Bertz CT molecular complexity index is 213. The quantitative estimate of drug-likeness (QED) is 0.757. The molecule has 0 saturated heterocycles. The van der Waals surface area contributed by atoms with Gasteiger partial charge in [0.05, 0.1) is 37.6 Å². The predicted octanol–water partition coefficient (Wildman–Crippen LogP) is 2.75. The van der Waals surface area contributed by atoms with Gasteiger partial charge in [-0.1, -0.05) is 26.7 Å². The van der Waals surface area contributed by atoms with Gasteiger partial charge in [-0.2, -0.15) is 0 Å². The lowest BCUT2D eigenvalue weighted by atomic mass is 10.1. The van der Waals surface area contributed by atoms with Crippen LogP contribution in [0.15, 0.2) is 0 Å². The molecule has 4 nitrogen and oxygen atoms in total. The molecule has 20 heavy (non-hydrogen) atoms. The standard InChI is InChI=1S/C10H20O.C6H14O3/c1-8(2)9(3)11-10-6-4-5-7-10;1-5(8)4-9-6(2)3-7/h8-10H,4-7H2,1-3H3;5-8H,3-4H2,1-2H3. The summed E-state index contributed by atoms with van der Waals surface area (Å²) in [5.41, 5.74) is 0. The van der Waals surface area contributed by atoms with Crippen LogP contribution in [0.2, 0.25) is 0 Å². The van der Waals surface area contributed by atoms with Crippen molar-refractivity contribution in [3.05, 3.63) is 0 Å². The Morgan fingerprint density at radius 3 is 2.00 bits per heavy atom. The van der Waals surface area contributed by atoms with Crippen molar-refractivity contribution >= 4 is 0 Å². The molecule has 2 N–H and O–H groups in total. The Morgan fingerprint density at radius 2 is 1.60 bits per heavy atom. The van der Waals surface area contributed by atoms with E-state index in [1.807, 2.05) is 0 Å². The highest BCUT2D eigenvalue weighted by atomic mass is 16.5. The first-order valence-corrected chi connectivity index (χ1v) is 7.92. The SMILES string of the molecule is CC(C)C(C)OC1CCCC1.CC(O)COC(C)CO. The molecular formula is C16H34O4. The van der Waals surface area contributed by atoms with Gasteiger partial charge in [0.1, 0.15) is 0 Å². The van der Waals surface area contributed by atoms with E-state index in [1.165, 1.54) is 25.7 Å². The summed E-state index contributed by atoms with van der Waals surface area (Å²) >= 11 is 0. The Morgan fingerprint density at radius 1 is 1.05 bits per heavy atom. The largest absolute Gasteiger partial charge is 0.394 e. The zero-order valence-corrected chi connectivity index (χ0v) is 13.8. The van der Waals surface area contributed by atoms with E-state index in [0.29, 0.717) is 24.7 Å². The fourth-order valence-electron chi connectivity index (χ4n) is 1.84. The maximum Gasteiger partial charge on any atom is 0.0779 e. The van der Waals surface area contributed by atoms with Crippen LogP contribution >= 0.6 is 0 Å². The van der Waals surface area contributed by atoms with Gasteiger partial charge in [0.15, 0.2) is 0 Å². The molecule has 1 fully saturated rings. The fourth-order valence-corrected chi connectivity index (χ4v) is 1.84. The van der Waals surface area contributed by atoms with Crippen molar-refractivity contribution in [1.82, 2.24) is 0 Å². The highest BCUT2D eigenvalue weighted by Gasteiger charge is 2.19. The van der Waals surface area contributed by atoms with Gasteiger partial charge >= 0.3 is 0 Å². The van der Waals surface area contributed by atoms with Crippen LogP contribution in [0.25, 0.3) is 0 Å². The minimum Gasteiger partial charge on any atom is -0.394 e. The van der Waals surface area contributed by atoms with Gasteiger partial charge in [-0.05, 0) is 39.5 Å². The molecule has 122 valence electrons. The van der Waals surface area contributed by atoms with Crippen LogP contribution in [0.5, 0.6) is 0 Å². The van der Waals surface area contributed by atoms with Gasteiger partial charge in [-0.25, -0.2) is 0 Å². The van der Waals surface area contributed by atoms with Crippen LogP contribution in [0.3, 0.4) is 0 Å². The zero-order valence-electron chi connectivity index (χ0n) is 13.8. The predicted molar refractivity (Wildman–Crippen MR) is 81.8 cm³/mol. The molecule has 3 atom stereocenters. The first-order valence-electron chi connectivity index (χ1n) is 7.92. The van der Waals surface area contributed by atoms with Gasteiger partial charge in [0.25, 0.3) is 0 Å². The molecule has 0 spiro atoms. The van der Waals surface area contributed by atoms with E-state index in [-0.39, 0.29) is 12.7 Å². The smallest absolute Gasteiger partial charge is 0.0779 e. The van der Waals surface area contributed by atoms with Crippen LogP contribution in [0.4, 0.5) is 0 Å². The molecule has 4 heteroatoms. The second-order valence-corrected chi connectivity index (χ2v) is 6.17.